The molecule has 0 saturated heterocycles. The number of rotatable bonds is 6. The standard InChI is InChI=1S/C19H15N3O4S/c1-12-10-17(23)25-16-11-14(2-3-15(12)16)24-8-9-27-19-22-21-18(26-19)13-4-6-20-7-5-13/h2-7,10-11H,8-9H2,1H3. The number of aromatic nitrogens is 3. The molecule has 0 aliphatic carbocycles. The summed E-state index contributed by atoms with van der Waals surface area (Å²) >= 11 is 1.41. The number of pyridine rings is 1. The predicted octanol–water partition coefficient (Wildman–Crippen LogP) is 3.72. The van der Waals surface area contributed by atoms with Crippen molar-refractivity contribution in [2.75, 3.05) is 12.4 Å². The molecule has 1 aromatic carbocycles. The first kappa shape index (κ1) is 17.3. The molecular formula is C19H15N3O4S. The third-order valence-corrected chi connectivity index (χ3v) is 4.62. The molecule has 0 aliphatic rings. The smallest absolute Gasteiger partial charge is 0.336 e. The third-order valence-electron chi connectivity index (χ3n) is 3.83. The molecule has 7 nitrogen and oxygen atoms in total. The van der Waals surface area contributed by atoms with E-state index in [9.17, 15) is 4.79 Å². The molecule has 4 aromatic rings. The molecule has 0 atom stereocenters. The number of thioether (sulfide) groups is 1. The van der Waals surface area contributed by atoms with Gasteiger partial charge in [-0.1, -0.05) is 11.8 Å². The van der Waals surface area contributed by atoms with Crippen molar-refractivity contribution in [3.05, 3.63) is 64.8 Å². The maximum atomic E-state index is 11.5. The Balaban J connectivity index is 1.35. The largest absolute Gasteiger partial charge is 0.493 e. The van der Waals surface area contributed by atoms with Crippen molar-refractivity contribution in [2.45, 2.75) is 12.1 Å². The van der Waals surface area contributed by atoms with Gasteiger partial charge in [0, 0.05) is 41.2 Å². The average molecular weight is 381 g/mol. The molecule has 0 N–H and O–H groups in total. The van der Waals surface area contributed by atoms with E-state index in [0.717, 1.165) is 16.5 Å². The molecule has 0 radical (unpaired) electrons. The van der Waals surface area contributed by atoms with E-state index in [1.54, 1.807) is 18.5 Å². The van der Waals surface area contributed by atoms with Gasteiger partial charge < -0.3 is 13.6 Å². The van der Waals surface area contributed by atoms with Gasteiger partial charge in [-0.25, -0.2) is 4.79 Å². The highest BCUT2D eigenvalue weighted by molar-refractivity contribution is 7.99. The van der Waals surface area contributed by atoms with Crippen LogP contribution in [0.3, 0.4) is 0 Å². The zero-order chi connectivity index (χ0) is 18.6. The van der Waals surface area contributed by atoms with Gasteiger partial charge in [0.2, 0.25) is 5.89 Å². The van der Waals surface area contributed by atoms with E-state index in [0.29, 0.717) is 34.8 Å². The molecular weight excluding hydrogens is 366 g/mol. The van der Waals surface area contributed by atoms with Crippen molar-refractivity contribution in [3.8, 4) is 17.2 Å². The van der Waals surface area contributed by atoms with Gasteiger partial charge >= 0.3 is 5.63 Å². The van der Waals surface area contributed by atoms with Crippen LogP contribution in [0.1, 0.15) is 5.56 Å². The third kappa shape index (κ3) is 4.01. The van der Waals surface area contributed by atoms with Gasteiger partial charge in [-0.15, -0.1) is 10.2 Å². The Hall–Kier alpha value is -3.13. The number of benzene rings is 1. The highest BCUT2D eigenvalue weighted by atomic mass is 32.2. The molecule has 0 unspecified atom stereocenters. The van der Waals surface area contributed by atoms with Crippen LogP contribution in [0.25, 0.3) is 22.4 Å². The number of hydrogen-bond acceptors (Lipinski definition) is 8. The number of aryl methyl sites for hydroxylation is 1. The van der Waals surface area contributed by atoms with Gasteiger partial charge in [0.15, 0.2) is 0 Å². The van der Waals surface area contributed by atoms with E-state index in [4.69, 9.17) is 13.6 Å². The van der Waals surface area contributed by atoms with Crippen LogP contribution in [0.15, 0.2) is 67.6 Å². The van der Waals surface area contributed by atoms with Crippen LogP contribution in [0.5, 0.6) is 5.75 Å². The first-order valence-corrected chi connectivity index (χ1v) is 9.21. The lowest BCUT2D eigenvalue weighted by Crippen LogP contribution is -2.01. The molecule has 0 aliphatic heterocycles. The number of fused-ring (bicyclic) bond motifs is 1. The molecule has 27 heavy (non-hydrogen) atoms. The molecule has 0 saturated carbocycles. The zero-order valence-electron chi connectivity index (χ0n) is 14.4. The van der Waals surface area contributed by atoms with Crippen LogP contribution in [0.4, 0.5) is 0 Å². The molecule has 136 valence electrons. The van der Waals surface area contributed by atoms with E-state index in [2.05, 4.69) is 15.2 Å². The molecule has 4 rings (SSSR count). The minimum atomic E-state index is -0.367. The number of nitrogens with zero attached hydrogens (tertiary/aromatic N) is 3. The minimum absolute atomic E-state index is 0.367. The lowest BCUT2D eigenvalue weighted by atomic mass is 10.1. The summed E-state index contributed by atoms with van der Waals surface area (Å²) in [5, 5.41) is 9.42. The summed E-state index contributed by atoms with van der Waals surface area (Å²) < 4.78 is 16.6. The van der Waals surface area contributed by atoms with E-state index < -0.39 is 0 Å². The maximum Gasteiger partial charge on any atom is 0.336 e. The fourth-order valence-corrected chi connectivity index (χ4v) is 3.14. The van der Waals surface area contributed by atoms with Crippen LogP contribution in [-0.4, -0.2) is 27.5 Å². The quantitative estimate of drug-likeness (QED) is 0.283. The first-order valence-electron chi connectivity index (χ1n) is 8.23. The van der Waals surface area contributed by atoms with E-state index >= 15 is 0 Å². The van der Waals surface area contributed by atoms with E-state index in [1.807, 2.05) is 31.2 Å². The van der Waals surface area contributed by atoms with Gasteiger partial charge in [0.05, 0.1) is 6.61 Å². The van der Waals surface area contributed by atoms with E-state index in [-0.39, 0.29) is 5.63 Å². The Kier molecular flexibility index (Phi) is 4.88. The van der Waals surface area contributed by atoms with Gasteiger partial charge in [-0.2, -0.15) is 0 Å². The van der Waals surface area contributed by atoms with Gasteiger partial charge in [-0.3, -0.25) is 4.98 Å². The van der Waals surface area contributed by atoms with Crippen LogP contribution < -0.4 is 10.4 Å². The van der Waals surface area contributed by atoms with Gasteiger partial charge in [0.25, 0.3) is 5.22 Å². The Bertz CT molecular complexity index is 1120. The Labute approximate surface area is 158 Å². The summed E-state index contributed by atoms with van der Waals surface area (Å²) in [6.07, 6.45) is 3.35. The van der Waals surface area contributed by atoms with Crippen LogP contribution in [0.2, 0.25) is 0 Å². The van der Waals surface area contributed by atoms with Crippen molar-refractivity contribution in [1.29, 1.82) is 0 Å². The predicted molar refractivity (Wildman–Crippen MR) is 101 cm³/mol. The second-order valence-corrected chi connectivity index (χ2v) is 6.76. The topological polar surface area (TPSA) is 91.2 Å². The molecule has 0 fully saturated rings. The average Bonchev–Trinajstić information content (AvgIpc) is 3.14. The van der Waals surface area contributed by atoms with Crippen molar-refractivity contribution in [2.24, 2.45) is 0 Å². The summed E-state index contributed by atoms with van der Waals surface area (Å²) in [5.74, 6) is 1.73. The summed E-state index contributed by atoms with van der Waals surface area (Å²) in [7, 11) is 0. The summed E-state index contributed by atoms with van der Waals surface area (Å²) in [6.45, 7) is 2.32. The maximum absolute atomic E-state index is 11.5. The van der Waals surface area contributed by atoms with Crippen molar-refractivity contribution in [3.63, 3.8) is 0 Å². The Morgan fingerprint density at radius 2 is 1.93 bits per heavy atom. The van der Waals surface area contributed by atoms with Gasteiger partial charge in [-0.05, 0) is 36.8 Å². The van der Waals surface area contributed by atoms with Crippen LogP contribution in [0, 0.1) is 6.92 Å². The summed E-state index contributed by atoms with van der Waals surface area (Å²) in [4.78, 5) is 15.5. The monoisotopic (exact) mass is 381 g/mol. The Morgan fingerprint density at radius 1 is 1.07 bits per heavy atom. The van der Waals surface area contributed by atoms with Crippen molar-refractivity contribution >= 4 is 22.7 Å². The highest BCUT2D eigenvalue weighted by Gasteiger charge is 2.09. The second kappa shape index (κ2) is 7.63. The fourth-order valence-electron chi connectivity index (χ4n) is 2.56. The zero-order valence-corrected chi connectivity index (χ0v) is 15.2. The summed E-state index contributed by atoms with van der Waals surface area (Å²) in [6, 6.07) is 10.6. The summed E-state index contributed by atoms with van der Waals surface area (Å²) in [5.41, 5.74) is 1.86. The van der Waals surface area contributed by atoms with Crippen molar-refractivity contribution in [1.82, 2.24) is 15.2 Å². The highest BCUT2D eigenvalue weighted by Crippen LogP contribution is 2.24. The second-order valence-electron chi connectivity index (χ2n) is 5.71. The minimum Gasteiger partial charge on any atom is -0.493 e. The first-order chi connectivity index (χ1) is 13.2. The number of ether oxygens (including phenoxy) is 1. The van der Waals surface area contributed by atoms with Crippen molar-refractivity contribution < 1.29 is 13.6 Å². The molecule has 0 spiro atoms. The lowest BCUT2D eigenvalue weighted by Gasteiger charge is -2.06. The molecule has 3 heterocycles. The normalized spacial score (nSPS) is 11.0. The molecule has 0 amide bonds. The molecule has 8 heteroatoms. The SMILES string of the molecule is Cc1cc(=O)oc2cc(OCCSc3nnc(-c4ccncc4)o3)ccc12. The fraction of sp³-hybridized carbons (Fsp3) is 0.158. The number of hydrogen-bond donors (Lipinski definition) is 0. The van der Waals surface area contributed by atoms with Crippen LogP contribution >= 0.6 is 11.8 Å². The Morgan fingerprint density at radius 3 is 2.78 bits per heavy atom. The lowest BCUT2D eigenvalue weighted by molar-refractivity contribution is 0.343. The van der Waals surface area contributed by atoms with E-state index in [1.165, 1.54) is 17.8 Å². The van der Waals surface area contributed by atoms with Gasteiger partial charge in [0.1, 0.15) is 11.3 Å². The molecule has 3 aromatic heterocycles. The molecule has 0 bridgehead atoms. The van der Waals surface area contributed by atoms with Crippen LogP contribution in [-0.2, 0) is 0 Å².